The van der Waals surface area contributed by atoms with E-state index in [1.165, 1.54) is 12.1 Å². The molecule has 0 bridgehead atoms. The molecule has 0 unspecified atom stereocenters. The van der Waals surface area contributed by atoms with Crippen molar-refractivity contribution in [2.24, 2.45) is 0 Å². The lowest BCUT2D eigenvalue weighted by Gasteiger charge is -2.24. The molecule has 25 heavy (non-hydrogen) atoms. The van der Waals surface area contributed by atoms with Gasteiger partial charge in [0.15, 0.2) is 0 Å². The van der Waals surface area contributed by atoms with Gasteiger partial charge in [0, 0.05) is 18.7 Å². The van der Waals surface area contributed by atoms with E-state index in [-0.39, 0.29) is 11.9 Å². The number of ether oxygens (including phenoxy) is 1. The van der Waals surface area contributed by atoms with Crippen LogP contribution in [0.4, 0.5) is 4.39 Å². The molecule has 1 atom stereocenters. The monoisotopic (exact) mass is 338 g/mol. The van der Waals surface area contributed by atoms with Gasteiger partial charge in [-0.1, -0.05) is 47.7 Å². The zero-order valence-corrected chi connectivity index (χ0v) is 13.7. The molecule has 1 aliphatic rings. The van der Waals surface area contributed by atoms with Crippen LogP contribution in [0.15, 0.2) is 54.6 Å². The Morgan fingerprint density at radius 2 is 1.92 bits per heavy atom. The third kappa shape index (κ3) is 3.60. The van der Waals surface area contributed by atoms with Crippen LogP contribution >= 0.6 is 0 Å². The second kappa shape index (κ2) is 7.13. The Balaban J connectivity index is 1.36. The number of fused-ring (bicyclic) bond motifs is 1. The van der Waals surface area contributed by atoms with Gasteiger partial charge >= 0.3 is 0 Å². The second-order valence-electron chi connectivity index (χ2n) is 6.12. The van der Waals surface area contributed by atoms with Gasteiger partial charge in [-0.25, -0.2) is 9.07 Å². The van der Waals surface area contributed by atoms with E-state index in [4.69, 9.17) is 4.74 Å². The van der Waals surface area contributed by atoms with Crippen molar-refractivity contribution in [1.82, 2.24) is 20.3 Å². The van der Waals surface area contributed by atoms with Crippen molar-refractivity contribution >= 4 is 0 Å². The topological polar surface area (TPSA) is 52.0 Å². The molecule has 4 rings (SSSR count). The van der Waals surface area contributed by atoms with Crippen molar-refractivity contribution in [3.05, 3.63) is 71.7 Å². The minimum atomic E-state index is -0.215. The molecular formula is C19H19FN4O. The number of hydrogen-bond donors (Lipinski definition) is 1. The molecule has 0 spiro atoms. The van der Waals surface area contributed by atoms with E-state index in [2.05, 4.69) is 15.6 Å². The van der Waals surface area contributed by atoms with Crippen molar-refractivity contribution < 1.29 is 9.13 Å². The SMILES string of the molecule is Fc1ccc(CNC[C@H]2Cn3nnc(-c4ccccc4)c3CO2)cc1. The first-order valence-corrected chi connectivity index (χ1v) is 8.34. The molecule has 0 amide bonds. The second-order valence-corrected chi connectivity index (χ2v) is 6.12. The minimum absolute atomic E-state index is 0.0401. The van der Waals surface area contributed by atoms with Crippen molar-refractivity contribution in [3.63, 3.8) is 0 Å². The van der Waals surface area contributed by atoms with Crippen LogP contribution in [-0.4, -0.2) is 27.6 Å². The van der Waals surface area contributed by atoms with Crippen LogP contribution in [0.5, 0.6) is 0 Å². The summed E-state index contributed by atoms with van der Waals surface area (Å²) in [7, 11) is 0. The summed E-state index contributed by atoms with van der Waals surface area (Å²) < 4.78 is 20.8. The zero-order chi connectivity index (χ0) is 17.1. The molecule has 0 saturated heterocycles. The molecule has 128 valence electrons. The molecular weight excluding hydrogens is 319 g/mol. The lowest BCUT2D eigenvalue weighted by atomic mass is 10.1. The molecule has 0 fully saturated rings. The summed E-state index contributed by atoms with van der Waals surface area (Å²) in [4.78, 5) is 0. The van der Waals surface area contributed by atoms with Crippen molar-refractivity contribution in [2.75, 3.05) is 6.54 Å². The van der Waals surface area contributed by atoms with Crippen LogP contribution in [-0.2, 0) is 24.4 Å². The van der Waals surface area contributed by atoms with E-state index in [0.29, 0.717) is 26.2 Å². The molecule has 0 saturated carbocycles. The fraction of sp³-hybridized carbons (Fsp3) is 0.263. The normalized spacial score (nSPS) is 16.6. The third-order valence-corrected chi connectivity index (χ3v) is 4.33. The Morgan fingerprint density at radius 3 is 2.72 bits per heavy atom. The van der Waals surface area contributed by atoms with Gasteiger partial charge in [-0.2, -0.15) is 0 Å². The lowest BCUT2D eigenvalue weighted by molar-refractivity contribution is 0.00125. The molecule has 1 aliphatic heterocycles. The maximum atomic E-state index is 12.9. The van der Waals surface area contributed by atoms with Crippen molar-refractivity contribution in [2.45, 2.75) is 25.8 Å². The highest BCUT2D eigenvalue weighted by molar-refractivity contribution is 5.61. The maximum Gasteiger partial charge on any atom is 0.123 e. The Kier molecular flexibility index (Phi) is 4.54. The van der Waals surface area contributed by atoms with Crippen LogP contribution in [0.2, 0.25) is 0 Å². The average Bonchev–Trinajstić information content (AvgIpc) is 3.07. The zero-order valence-electron chi connectivity index (χ0n) is 13.7. The van der Waals surface area contributed by atoms with E-state index >= 15 is 0 Å². The molecule has 5 nitrogen and oxygen atoms in total. The van der Waals surface area contributed by atoms with Gasteiger partial charge in [0.05, 0.1) is 24.9 Å². The number of nitrogens with one attached hydrogen (secondary N) is 1. The fourth-order valence-electron chi connectivity index (χ4n) is 2.99. The van der Waals surface area contributed by atoms with Gasteiger partial charge in [-0.3, -0.25) is 0 Å². The van der Waals surface area contributed by atoms with Crippen LogP contribution in [0.1, 0.15) is 11.3 Å². The lowest BCUT2D eigenvalue weighted by Crippen LogP contribution is -2.36. The maximum absolute atomic E-state index is 12.9. The van der Waals surface area contributed by atoms with Crippen LogP contribution in [0.25, 0.3) is 11.3 Å². The number of benzene rings is 2. The highest BCUT2D eigenvalue weighted by atomic mass is 19.1. The van der Waals surface area contributed by atoms with Crippen molar-refractivity contribution in [1.29, 1.82) is 0 Å². The molecule has 0 aliphatic carbocycles. The van der Waals surface area contributed by atoms with Crippen LogP contribution < -0.4 is 5.32 Å². The number of halogens is 1. The number of aromatic nitrogens is 3. The van der Waals surface area contributed by atoms with Crippen LogP contribution in [0.3, 0.4) is 0 Å². The predicted octanol–water partition coefficient (Wildman–Crippen LogP) is 2.77. The summed E-state index contributed by atoms with van der Waals surface area (Å²) >= 11 is 0. The number of hydrogen-bond acceptors (Lipinski definition) is 4. The van der Waals surface area contributed by atoms with Gasteiger partial charge in [0.25, 0.3) is 0 Å². The van der Waals surface area contributed by atoms with Crippen LogP contribution in [0, 0.1) is 5.82 Å². The van der Waals surface area contributed by atoms with E-state index in [1.54, 1.807) is 12.1 Å². The summed E-state index contributed by atoms with van der Waals surface area (Å²) in [5.41, 5.74) is 4.00. The highest BCUT2D eigenvalue weighted by Crippen LogP contribution is 2.24. The predicted molar refractivity (Wildman–Crippen MR) is 92.1 cm³/mol. The van der Waals surface area contributed by atoms with E-state index < -0.39 is 0 Å². The highest BCUT2D eigenvalue weighted by Gasteiger charge is 2.24. The minimum Gasteiger partial charge on any atom is -0.369 e. The van der Waals surface area contributed by atoms with E-state index in [9.17, 15) is 4.39 Å². The van der Waals surface area contributed by atoms with Gasteiger partial charge in [-0.15, -0.1) is 5.10 Å². The Morgan fingerprint density at radius 1 is 1.12 bits per heavy atom. The van der Waals surface area contributed by atoms with Gasteiger partial charge in [0.1, 0.15) is 11.5 Å². The Bertz CT molecular complexity index is 832. The standard InChI is InChI=1S/C19H19FN4O/c20-16-8-6-14(7-9-16)10-21-11-17-12-24-18(13-25-17)19(22-23-24)15-4-2-1-3-5-15/h1-9,17,21H,10-13H2/t17-/m0/s1. The van der Waals surface area contributed by atoms with Gasteiger partial charge in [0.2, 0.25) is 0 Å². The summed E-state index contributed by atoms with van der Waals surface area (Å²) in [6.07, 6.45) is 0.0401. The summed E-state index contributed by atoms with van der Waals surface area (Å²) in [6.45, 7) is 2.56. The quantitative estimate of drug-likeness (QED) is 0.777. The summed E-state index contributed by atoms with van der Waals surface area (Å²) in [5.74, 6) is -0.215. The third-order valence-electron chi connectivity index (χ3n) is 4.33. The summed E-state index contributed by atoms with van der Waals surface area (Å²) in [5, 5.41) is 11.9. The van der Waals surface area contributed by atoms with E-state index in [1.807, 2.05) is 35.0 Å². The Hall–Kier alpha value is -2.57. The fourth-order valence-corrected chi connectivity index (χ4v) is 2.99. The summed E-state index contributed by atoms with van der Waals surface area (Å²) in [6, 6.07) is 16.5. The molecule has 3 aromatic rings. The first kappa shape index (κ1) is 15.9. The van der Waals surface area contributed by atoms with E-state index in [0.717, 1.165) is 22.5 Å². The molecule has 2 aromatic carbocycles. The molecule has 6 heteroatoms. The largest absolute Gasteiger partial charge is 0.369 e. The Labute approximate surface area is 145 Å². The van der Waals surface area contributed by atoms with Crippen molar-refractivity contribution in [3.8, 4) is 11.3 Å². The first-order chi connectivity index (χ1) is 12.3. The van der Waals surface area contributed by atoms with Gasteiger partial charge < -0.3 is 10.1 Å². The number of rotatable bonds is 5. The number of nitrogens with zero attached hydrogens (tertiary/aromatic N) is 3. The first-order valence-electron chi connectivity index (χ1n) is 8.34. The average molecular weight is 338 g/mol. The smallest absolute Gasteiger partial charge is 0.123 e. The van der Waals surface area contributed by atoms with Gasteiger partial charge in [-0.05, 0) is 17.7 Å². The molecule has 1 aromatic heterocycles. The molecule has 1 N–H and O–H groups in total. The molecule has 0 radical (unpaired) electrons. The molecule has 2 heterocycles.